The first-order valence-corrected chi connectivity index (χ1v) is 6.85. The summed E-state index contributed by atoms with van der Waals surface area (Å²) in [6.07, 6.45) is 2.35. The molecule has 4 nitrogen and oxygen atoms in total. The standard InChI is InChI=1S/C15H22N2O2/c1-11-5-6-13(15(18)16-2)8-14(11)17-9-12-4-3-7-19-10-12/h5-6,8,12,17H,3-4,7,9-10H2,1-2H3,(H,16,18). The molecule has 1 aromatic carbocycles. The van der Waals surface area contributed by atoms with Crippen LogP contribution in [-0.2, 0) is 4.74 Å². The Morgan fingerprint density at radius 1 is 1.47 bits per heavy atom. The lowest BCUT2D eigenvalue weighted by molar-refractivity contribution is 0.0595. The molecule has 1 heterocycles. The fraction of sp³-hybridized carbons (Fsp3) is 0.533. The van der Waals surface area contributed by atoms with Crippen LogP contribution >= 0.6 is 0 Å². The topological polar surface area (TPSA) is 50.4 Å². The minimum Gasteiger partial charge on any atom is -0.384 e. The van der Waals surface area contributed by atoms with Crippen LogP contribution in [0.5, 0.6) is 0 Å². The molecular formula is C15H22N2O2. The summed E-state index contributed by atoms with van der Waals surface area (Å²) < 4.78 is 5.48. The van der Waals surface area contributed by atoms with Gasteiger partial charge in [-0.05, 0) is 43.4 Å². The number of carbonyl (C=O) groups is 1. The van der Waals surface area contributed by atoms with Gasteiger partial charge >= 0.3 is 0 Å². The first-order chi connectivity index (χ1) is 9.20. The van der Waals surface area contributed by atoms with Crippen molar-refractivity contribution in [3.8, 4) is 0 Å². The molecule has 104 valence electrons. The monoisotopic (exact) mass is 262 g/mol. The van der Waals surface area contributed by atoms with Crippen molar-refractivity contribution < 1.29 is 9.53 Å². The van der Waals surface area contributed by atoms with Crippen molar-refractivity contribution >= 4 is 11.6 Å². The number of ether oxygens (including phenoxy) is 1. The highest BCUT2D eigenvalue weighted by molar-refractivity contribution is 5.95. The van der Waals surface area contributed by atoms with E-state index in [0.717, 1.165) is 37.4 Å². The molecule has 1 atom stereocenters. The molecule has 2 N–H and O–H groups in total. The lowest BCUT2D eigenvalue weighted by atomic mass is 10.0. The maximum absolute atomic E-state index is 11.6. The van der Waals surface area contributed by atoms with E-state index in [1.54, 1.807) is 7.05 Å². The predicted molar refractivity (Wildman–Crippen MR) is 76.6 cm³/mol. The molecule has 0 saturated carbocycles. The van der Waals surface area contributed by atoms with E-state index in [2.05, 4.69) is 10.6 Å². The van der Waals surface area contributed by atoms with Crippen LogP contribution in [0.25, 0.3) is 0 Å². The molecule has 0 aromatic heterocycles. The Balaban J connectivity index is 2.00. The lowest BCUT2D eigenvalue weighted by Crippen LogP contribution is -2.24. The molecule has 0 bridgehead atoms. The second-order valence-corrected chi connectivity index (χ2v) is 5.07. The van der Waals surface area contributed by atoms with Crippen LogP contribution in [0.3, 0.4) is 0 Å². The van der Waals surface area contributed by atoms with Crippen LogP contribution in [0.4, 0.5) is 5.69 Å². The van der Waals surface area contributed by atoms with Crippen LogP contribution in [0, 0.1) is 12.8 Å². The van der Waals surface area contributed by atoms with E-state index in [4.69, 9.17) is 4.74 Å². The summed E-state index contributed by atoms with van der Waals surface area (Å²) in [5.74, 6) is 0.515. The highest BCUT2D eigenvalue weighted by Gasteiger charge is 2.14. The first kappa shape index (κ1) is 13.9. The summed E-state index contributed by atoms with van der Waals surface area (Å²) in [4.78, 5) is 11.6. The van der Waals surface area contributed by atoms with Crippen molar-refractivity contribution in [2.75, 3.05) is 32.1 Å². The largest absolute Gasteiger partial charge is 0.384 e. The Kier molecular flexibility index (Phi) is 4.80. The molecule has 1 saturated heterocycles. The normalized spacial score (nSPS) is 18.9. The highest BCUT2D eigenvalue weighted by atomic mass is 16.5. The van der Waals surface area contributed by atoms with Crippen LogP contribution < -0.4 is 10.6 Å². The van der Waals surface area contributed by atoms with E-state index in [1.807, 2.05) is 25.1 Å². The molecule has 1 aromatic rings. The summed E-state index contributed by atoms with van der Waals surface area (Å²) in [7, 11) is 1.65. The Bertz CT molecular complexity index is 440. The van der Waals surface area contributed by atoms with Gasteiger partial charge in [0.1, 0.15) is 0 Å². The van der Waals surface area contributed by atoms with Gasteiger partial charge in [0, 0.05) is 31.5 Å². The summed E-state index contributed by atoms with van der Waals surface area (Å²) in [5.41, 5.74) is 2.88. The third-order valence-corrected chi connectivity index (χ3v) is 3.56. The van der Waals surface area contributed by atoms with Crippen LogP contribution in [-0.4, -0.2) is 32.7 Å². The Hall–Kier alpha value is -1.55. The van der Waals surface area contributed by atoms with E-state index < -0.39 is 0 Å². The average Bonchev–Trinajstić information content (AvgIpc) is 2.46. The van der Waals surface area contributed by atoms with Gasteiger partial charge in [0.05, 0.1) is 6.61 Å². The number of benzene rings is 1. The SMILES string of the molecule is CNC(=O)c1ccc(C)c(NCC2CCCOC2)c1. The van der Waals surface area contributed by atoms with Crippen molar-refractivity contribution in [2.45, 2.75) is 19.8 Å². The summed E-state index contributed by atoms with van der Waals surface area (Å²) in [6, 6.07) is 5.74. The molecule has 1 fully saturated rings. The quantitative estimate of drug-likeness (QED) is 0.874. The number of carbonyl (C=O) groups excluding carboxylic acids is 1. The van der Waals surface area contributed by atoms with Gasteiger partial charge in [0.25, 0.3) is 5.91 Å². The van der Waals surface area contributed by atoms with Crippen molar-refractivity contribution in [1.82, 2.24) is 5.32 Å². The van der Waals surface area contributed by atoms with E-state index in [9.17, 15) is 4.79 Å². The highest BCUT2D eigenvalue weighted by Crippen LogP contribution is 2.19. The molecule has 1 unspecified atom stereocenters. The molecule has 4 heteroatoms. The molecule has 1 aliphatic heterocycles. The minimum atomic E-state index is -0.0518. The average molecular weight is 262 g/mol. The number of aryl methyl sites for hydroxylation is 1. The second kappa shape index (κ2) is 6.57. The fourth-order valence-electron chi connectivity index (χ4n) is 2.32. The number of hydrogen-bond acceptors (Lipinski definition) is 3. The van der Waals surface area contributed by atoms with Gasteiger partial charge in [-0.2, -0.15) is 0 Å². The van der Waals surface area contributed by atoms with Crippen molar-refractivity contribution in [2.24, 2.45) is 5.92 Å². The molecule has 1 amide bonds. The minimum absolute atomic E-state index is 0.0518. The molecule has 0 radical (unpaired) electrons. The van der Waals surface area contributed by atoms with E-state index >= 15 is 0 Å². The third-order valence-electron chi connectivity index (χ3n) is 3.56. The van der Waals surface area contributed by atoms with Crippen LogP contribution in [0.1, 0.15) is 28.8 Å². The summed E-state index contributed by atoms with van der Waals surface area (Å²) in [5, 5.41) is 6.09. The molecule has 0 aliphatic carbocycles. The number of rotatable bonds is 4. The van der Waals surface area contributed by atoms with Crippen LogP contribution in [0.15, 0.2) is 18.2 Å². The third kappa shape index (κ3) is 3.70. The second-order valence-electron chi connectivity index (χ2n) is 5.07. The van der Waals surface area contributed by atoms with Gasteiger partial charge in [-0.1, -0.05) is 6.07 Å². The number of anilines is 1. The van der Waals surface area contributed by atoms with E-state index in [-0.39, 0.29) is 5.91 Å². The number of hydrogen-bond donors (Lipinski definition) is 2. The molecule has 19 heavy (non-hydrogen) atoms. The first-order valence-electron chi connectivity index (χ1n) is 6.85. The fourth-order valence-corrected chi connectivity index (χ4v) is 2.32. The zero-order valence-electron chi connectivity index (χ0n) is 11.7. The van der Waals surface area contributed by atoms with Gasteiger partial charge in [0.15, 0.2) is 0 Å². The molecule has 1 aliphatic rings. The maximum Gasteiger partial charge on any atom is 0.251 e. The Morgan fingerprint density at radius 3 is 3.00 bits per heavy atom. The van der Waals surface area contributed by atoms with Crippen molar-refractivity contribution in [3.05, 3.63) is 29.3 Å². The predicted octanol–water partition coefficient (Wildman–Crippen LogP) is 2.19. The zero-order chi connectivity index (χ0) is 13.7. The molecule has 0 spiro atoms. The van der Waals surface area contributed by atoms with Crippen molar-refractivity contribution in [3.63, 3.8) is 0 Å². The summed E-state index contributed by atoms with van der Waals surface area (Å²) >= 11 is 0. The van der Waals surface area contributed by atoms with E-state index in [1.165, 1.54) is 6.42 Å². The van der Waals surface area contributed by atoms with Gasteiger partial charge in [-0.3, -0.25) is 4.79 Å². The summed E-state index contributed by atoms with van der Waals surface area (Å²) in [6.45, 7) is 4.67. The lowest BCUT2D eigenvalue weighted by Gasteiger charge is -2.23. The molecule has 2 rings (SSSR count). The smallest absolute Gasteiger partial charge is 0.251 e. The van der Waals surface area contributed by atoms with Gasteiger partial charge in [-0.15, -0.1) is 0 Å². The van der Waals surface area contributed by atoms with Gasteiger partial charge in [-0.25, -0.2) is 0 Å². The van der Waals surface area contributed by atoms with Gasteiger partial charge < -0.3 is 15.4 Å². The number of nitrogens with one attached hydrogen (secondary N) is 2. The Morgan fingerprint density at radius 2 is 2.32 bits per heavy atom. The Labute approximate surface area is 114 Å². The maximum atomic E-state index is 11.6. The molecular weight excluding hydrogens is 240 g/mol. The zero-order valence-corrected chi connectivity index (χ0v) is 11.7. The van der Waals surface area contributed by atoms with E-state index in [0.29, 0.717) is 11.5 Å². The van der Waals surface area contributed by atoms with Gasteiger partial charge in [0.2, 0.25) is 0 Å². The van der Waals surface area contributed by atoms with Crippen LogP contribution in [0.2, 0.25) is 0 Å². The van der Waals surface area contributed by atoms with Crippen molar-refractivity contribution in [1.29, 1.82) is 0 Å². The number of amides is 1.